The van der Waals surface area contributed by atoms with Crippen LogP contribution < -0.4 is 10.6 Å². The molecule has 0 saturated carbocycles. The van der Waals surface area contributed by atoms with Crippen LogP contribution in [0.3, 0.4) is 0 Å². The molecule has 1 heterocycles. The summed E-state index contributed by atoms with van der Waals surface area (Å²) in [5.41, 5.74) is 1.12. The Hall–Kier alpha value is -1.36. The maximum Gasteiger partial charge on any atom is 0.236 e. The van der Waals surface area contributed by atoms with Gasteiger partial charge in [0.1, 0.15) is 0 Å². The molecule has 5 heteroatoms. The van der Waals surface area contributed by atoms with E-state index in [4.69, 9.17) is 0 Å². The normalized spacial score (nSPS) is 12.7. The third kappa shape index (κ3) is 5.03. The molecule has 0 aliphatic rings. The van der Waals surface area contributed by atoms with Gasteiger partial charge in [0, 0.05) is 26.3 Å². The zero-order valence-corrected chi connectivity index (χ0v) is 12.4. The van der Waals surface area contributed by atoms with Crippen molar-refractivity contribution >= 4 is 5.91 Å². The van der Waals surface area contributed by atoms with Crippen LogP contribution >= 0.6 is 0 Å². The van der Waals surface area contributed by atoms with E-state index in [2.05, 4.69) is 41.0 Å². The lowest BCUT2D eigenvalue weighted by Gasteiger charge is -2.19. The fourth-order valence-electron chi connectivity index (χ4n) is 2.09. The quantitative estimate of drug-likeness (QED) is 0.750. The highest BCUT2D eigenvalue weighted by Gasteiger charge is 2.18. The first-order chi connectivity index (χ1) is 9.08. The molecule has 1 aromatic heterocycles. The van der Waals surface area contributed by atoms with Crippen LogP contribution in [0, 0.1) is 5.92 Å². The van der Waals surface area contributed by atoms with Crippen LogP contribution in [-0.4, -0.2) is 28.5 Å². The van der Waals surface area contributed by atoms with Gasteiger partial charge in [-0.25, -0.2) is 4.98 Å². The van der Waals surface area contributed by atoms with Gasteiger partial charge in [-0.1, -0.05) is 20.8 Å². The van der Waals surface area contributed by atoms with Crippen LogP contribution in [-0.2, 0) is 17.9 Å². The molecule has 1 unspecified atom stereocenters. The molecule has 1 atom stereocenters. The lowest BCUT2D eigenvalue weighted by atomic mass is 10.0. The molecule has 0 bridgehead atoms. The molecular formula is C14H26N4O. The van der Waals surface area contributed by atoms with Crippen LogP contribution in [0.5, 0.6) is 0 Å². The fraction of sp³-hybridized carbons (Fsp3) is 0.714. The fourth-order valence-corrected chi connectivity index (χ4v) is 2.09. The molecule has 0 fully saturated rings. The zero-order valence-electron chi connectivity index (χ0n) is 12.4. The third-order valence-electron chi connectivity index (χ3n) is 3.06. The highest BCUT2D eigenvalue weighted by molar-refractivity contribution is 5.81. The molecule has 0 saturated heterocycles. The van der Waals surface area contributed by atoms with Crippen molar-refractivity contribution in [2.75, 3.05) is 7.05 Å². The minimum atomic E-state index is -0.144. The Morgan fingerprint density at radius 2 is 2.21 bits per heavy atom. The maximum absolute atomic E-state index is 11.8. The Balaban J connectivity index is 2.59. The number of aromatic nitrogens is 2. The molecule has 19 heavy (non-hydrogen) atoms. The second-order valence-corrected chi connectivity index (χ2v) is 5.26. The average molecular weight is 266 g/mol. The van der Waals surface area contributed by atoms with Crippen molar-refractivity contribution in [3.8, 4) is 0 Å². The molecular weight excluding hydrogens is 240 g/mol. The number of nitrogens with one attached hydrogen (secondary N) is 2. The van der Waals surface area contributed by atoms with Crippen LogP contribution in [0.25, 0.3) is 0 Å². The van der Waals surface area contributed by atoms with Crippen molar-refractivity contribution in [1.82, 2.24) is 20.2 Å². The second-order valence-electron chi connectivity index (χ2n) is 5.26. The van der Waals surface area contributed by atoms with E-state index in [9.17, 15) is 4.79 Å². The van der Waals surface area contributed by atoms with Gasteiger partial charge in [0.15, 0.2) is 0 Å². The summed E-state index contributed by atoms with van der Waals surface area (Å²) in [4.78, 5) is 16.0. The summed E-state index contributed by atoms with van der Waals surface area (Å²) in [6.45, 7) is 8.03. The first kappa shape index (κ1) is 15.7. The number of nitrogens with zero attached hydrogens (tertiary/aromatic N) is 2. The number of imidazole rings is 1. The van der Waals surface area contributed by atoms with E-state index in [-0.39, 0.29) is 11.9 Å². The molecule has 2 N–H and O–H groups in total. The number of likely N-dealkylation sites (N-methyl/N-ethyl adjacent to an activating group) is 1. The first-order valence-corrected chi connectivity index (χ1v) is 7.02. The Bertz CT molecular complexity index is 387. The van der Waals surface area contributed by atoms with Gasteiger partial charge in [-0.15, -0.1) is 0 Å². The van der Waals surface area contributed by atoms with E-state index in [1.807, 2.05) is 12.5 Å². The molecule has 0 spiro atoms. The summed E-state index contributed by atoms with van der Waals surface area (Å²) < 4.78 is 2.13. The van der Waals surface area contributed by atoms with Gasteiger partial charge in [-0.05, 0) is 18.8 Å². The SMILES string of the molecule is CCCn1cncc1CNC(CC(C)C)C(=O)NC. The summed E-state index contributed by atoms with van der Waals surface area (Å²) in [7, 11) is 1.68. The number of aryl methyl sites for hydroxylation is 1. The van der Waals surface area contributed by atoms with Crippen molar-refractivity contribution < 1.29 is 4.79 Å². The molecule has 1 rings (SSSR count). The summed E-state index contributed by atoms with van der Waals surface area (Å²) in [6, 6.07) is -0.144. The van der Waals surface area contributed by atoms with Crippen molar-refractivity contribution in [2.45, 2.75) is 52.7 Å². The first-order valence-electron chi connectivity index (χ1n) is 7.02. The number of carbonyl (C=O) groups is 1. The van der Waals surface area contributed by atoms with E-state index in [0.29, 0.717) is 12.5 Å². The van der Waals surface area contributed by atoms with E-state index >= 15 is 0 Å². The van der Waals surface area contributed by atoms with Crippen LogP contribution in [0.1, 0.15) is 39.3 Å². The molecule has 1 amide bonds. The van der Waals surface area contributed by atoms with Gasteiger partial charge < -0.3 is 15.2 Å². The van der Waals surface area contributed by atoms with Gasteiger partial charge >= 0.3 is 0 Å². The number of carbonyl (C=O) groups excluding carboxylic acids is 1. The van der Waals surface area contributed by atoms with Gasteiger partial charge in [-0.3, -0.25) is 4.79 Å². The molecule has 5 nitrogen and oxygen atoms in total. The Morgan fingerprint density at radius 3 is 2.79 bits per heavy atom. The summed E-state index contributed by atoms with van der Waals surface area (Å²) >= 11 is 0. The lowest BCUT2D eigenvalue weighted by Crippen LogP contribution is -2.43. The standard InChI is InChI=1S/C14H26N4O/c1-5-6-18-10-16-8-12(18)9-17-13(7-11(2)3)14(19)15-4/h8,10-11,13,17H,5-7,9H2,1-4H3,(H,15,19). The lowest BCUT2D eigenvalue weighted by molar-refractivity contribution is -0.123. The number of rotatable bonds is 8. The Kier molecular flexibility index (Phi) is 6.56. The van der Waals surface area contributed by atoms with Gasteiger partial charge in [0.05, 0.1) is 18.1 Å². The molecule has 0 radical (unpaired) electrons. The minimum Gasteiger partial charge on any atom is -0.358 e. The predicted octanol–water partition coefficient (Wildman–Crippen LogP) is 1.54. The molecule has 1 aromatic rings. The van der Waals surface area contributed by atoms with E-state index in [1.165, 1.54) is 0 Å². The Labute approximate surface area is 115 Å². The molecule has 0 aromatic carbocycles. The van der Waals surface area contributed by atoms with Crippen molar-refractivity contribution in [3.63, 3.8) is 0 Å². The largest absolute Gasteiger partial charge is 0.358 e. The number of hydrogen-bond donors (Lipinski definition) is 2. The maximum atomic E-state index is 11.8. The van der Waals surface area contributed by atoms with Gasteiger partial charge in [-0.2, -0.15) is 0 Å². The summed E-state index contributed by atoms with van der Waals surface area (Å²) in [5, 5.41) is 6.05. The van der Waals surface area contributed by atoms with Crippen LogP contribution in [0.15, 0.2) is 12.5 Å². The van der Waals surface area contributed by atoms with Crippen molar-refractivity contribution in [2.24, 2.45) is 5.92 Å². The number of hydrogen-bond acceptors (Lipinski definition) is 3. The summed E-state index contributed by atoms with van der Waals surface area (Å²) in [6.07, 6.45) is 5.62. The molecule has 108 valence electrons. The second kappa shape index (κ2) is 7.94. The zero-order chi connectivity index (χ0) is 14.3. The van der Waals surface area contributed by atoms with E-state index < -0.39 is 0 Å². The smallest absolute Gasteiger partial charge is 0.236 e. The Morgan fingerprint density at radius 1 is 1.47 bits per heavy atom. The molecule has 0 aliphatic heterocycles. The predicted molar refractivity (Wildman–Crippen MR) is 76.7 cm³/mol. The average Bonchev–Trinajstić information content (AvgIpc) is 2.81. The topological polar surface area (TPSA) is 59.0 Å². The molecule has 0 aliphatic carbocycles. The van der Waals surface area contributed by atoms with Crippen LogP contribution in [0.2, 0.25) is 0 Å². The van der Waals surface area contributed by atoms with E-state index in [1.54, 1.807) is 7.05 Å². The van der Waals surface area contributed by atoms with Gasteiger partial charge in [0.25, 0.3) is 0 Å². The minimum absolute atomic E-state index is 0.0512. The highest BCUT2D eigenvalue weighted by atomic mass is 16.2. The monoisotopic (exact) mass is 266 g/mol. The summed E-state index contributed by atoms with van der Waals surface area (Å²) in [5.74, 6) is 0.533. The van der Waals surface area contributed by atoms with E-state index in [0.717, 1.165) is 25.1 Å². The highest BCUT2D eigenvalue weighted by Crippen LogP contribution is 2.07. The third-order valence-corrected chi connectivity index (χ3v) is 3.06. The van der Waals surface area contributed by atoms with Crippen molar-refractivity contribution in [1.29, 1.82) is 0 Å². The van der Waals surface area contributed by atoms with Crippen LogP contribution in [0.4, 0.5) is 0 Å². The number of amides is 1. The van der Waals surface area contributed by atoms with Crippen molar-refractivity contribution in [3.05, 3.63) is 18.2 Å². The van der Waals surface area contributed by atoms with Gasteiger partial charge in [0.2, 0.25) is 5.91 Å².